The minimum absolute atomic E-state index is 0.262. The summed E-state index contributed by atoms with van der Waals surface area (Å²) in [6.45, 7) is 1.59. The highest BCUT2D eigenvalue weighted by Crippen LogP contribution is 2.58. The normalized spacial score (nSPS) is 16.5. The first kappa shape index (κ1) is 34.8. The molecule has 1 aliphatic carbocycles. The van der Waals surface area contributed by atoms with Crippen LogP contribution in [-0.4, -0.2) is 42.3 Å². The van der Waals surface area contributed by atoms with Crippen LogP contribution in [0.5, 0.6) is 0 Å². The Morgan fingerprint density at radius 1 is 0.556 bits per heavy atom. The molecule has 2 atom stereocenters. The number of hydrogen-bond acceptors (Lipinski definition) is 6. The van der Waals surface area contributed by atoms with Gasteiger partial charge in [0.1, 0.15) is 11.4 Å². The van der Waals surface area contributed by atoms with Crippen molar-refractivity contribution in [2.75, 3.05) is 0 Å². The van der Waals surface area contributed by atoms with Crippen LogP contribution >= 0.6 is 0 Å². The predicted molar refractivity (Wildman–Crippen MR) is 194 cm³/mol. The number of alkyl halides is 6. The summed E-state index contributed by atoms with van der Waals surface area (Å²) in [6.07, 6.45) is -5.00. The minimum atomic E-state index is -5.77. The van der Waals surface area contributed by atoms with E-state index in [2.05, 4.69) is 24.9 Å². The molecule has 0 aliphatic heterocycles. The summed E-state index contributed by atoms with van der Waals surface area (Å²) in [7, 11) is 0. The SMILES string of the molecule is CC1C=C(C(c2ccc(-c3nc(-c4ccccn4)nc4ccccc34)cc2)(C(F)(F)F)C(F)(F)F)C=CC1c1nc(-c2ccccn2)nc2ccccc12. The van der Waals surface area contributed by atoms with Gasteiger partial charge in [-0.3, -0.25) is 9.97 Å². The van der Waals surface area contributed by atoms with Gasteiger partial charge in [-0.1, -0.05) is 97.9 Å². The van der Waals surface area contributed by atoms with Crippen molar-refractivity contribution in [1.82, 2.24) is 29.9 Å². The van der Waals surface area contributed by atoms with E-state index in [1.165, 1.54) is 18.2 Å². The highest BCUT2D eigenvalue weighted by atomic mass is 19.4. The van der Waals surface area contributed by atoms with E-state index in [0.29, 0.717) is 56.0 Å². The van der Waals surface area contributed by atoms with Crippen molar-refractivity contribution in [3.05, 3.63) is 157 Å². The average Bonchev–Trinajstić information content (AvgIpc) is 3.17. The Labute approximate surface area is 305 Å². The molecule has 0 saturated heterocycles. The lowest BCUT2D eigenvalue weighted by atomic mass is 9.68. The Kier molecular flexibility index (Phi) is 8.55. The highest BCUT2D eigenvalue weighted by molar-refractivity contribution is 5.93. The molecule has 268 valence electrons. The summed E-state index contributed by atoms with van der Waals surface area (Å²) in [5.74, 6) is -0.924. The average molecular weight is 731 g/mol. The Bertz CT molecular complexity index is 2540. The van der Waals surface area contributed by atoms with E-state index in [1.807, 2.05) is 0 Å². The standard InChI is InChI=1S/C42H28F6N6/c1-25-24-28(20-21-29(25)37-31-11-3-5-13-33(31)52-39(54-37)35-15-7-9-23-50-35)40(41(43,44)45,42(46,47)48)27-18-16-26(17-19-27)36-30-10-2-4-12-32(30)51-38(53-36)34-14-6-8-22-49-34/h2-25,29H,1H3. The largest absolute Gasteiger partial charge is 0.411 e. The Hall–Kier alpha value is -6.30. The fourth-order valence-corrected chi connectivity index (χ4v) is 7.15. The molecule has 0 spiro atoms. The van der Waals surface area contributed by atoms with E-state index in [9.17, 15) is 0 Å². The summed E-state index contributed by atoms with van der Waals surface area (Å²) in [5, 5.41) is 1.21. The van der Waals surface area contributed by atoms with Crippen LogP contribution in [0.25, 0.3) is 56.1 Å². The number of para-hydroxylation sites is 2. The first-order chi connectivity index (χ1) is 26.0. The van der Waals surface area contributed by atoms with Crippen molar-refractivity contribution in [2.24, 2.45) is 5.92 Å². The van der Waals surface area contributed by atoms with E-state index in [1.54, 1.807) is 104 Å². The van der Waals surface area contributed by atoms with Crippen LogP contribution in [-0.2, 0) is 5.41 Å². The van der Waals surface area contributed by atoms with Gasteiger partial charge in [-0.15, -0.1) is 0 Å². The van der Waals surface area contributed by atoms with Gasteiger partial charge in [-0.05, 0) is 53.5 Å². The molecule has 12 heteroatoms. The molecule has 0 radical (unpaired) electrons. The lowest BCUT2D eigenvalue weighted by molar-refractivity contribution is -0.289. The Morgan fingerprint density at radius 3 is 1.65 bits per heavy atom. The van der Waals surface area contributed by atoms with Gasteiger partial charge in [0.2, 0.25) is 5.41 Å². The van der Waals surface area contributed by atoms with Crippen LogP contribution in [0, 0.1) is 5.92 Å². The van der Waals surface area contributed by atoms with Crippen molar-refractivity contribution in [3.8, 4) is 34.3 Å². The predicted octanol–water partition coefficient (Wildman–Crippen LogP) is 10.6. The van der Waals surface area contributed by atoms with Gasteiger partial charge in [0.05, 0.1) is 22.4 Å². The molecule has 0 bridgehead atoms. The second-order valence-electron chi connectivity index (χ2n) is 13.0. The molecule has 4 heterocycles. The zero-order chi connectivity index (χ0) is 37.7. The first-order valence-electron chi connectivity index (χ1n) is 17.0. The van der Waals surface area contributed by atoms with Crippen LogP contribution in [0.1, 0.15) is 24.1 Å². The van der Waals surface area contributed by atoms with Crippen molar-refractivity contribution in [2.45, 2.75) is 30.6 Å². The molecule has 2 unspecified atom stereocenters. The number of pyridine rings is 2. The molecule has 6 nitrogen and oxygen atoms in total. The maximum absolute atomic E-state index is 15.4. The number of hydrogen-bond donors (Lipinski definition) is 0. The van der Waals surface area contributed by atoms with Crippen LogP contribution < -0.4 is 0 Å². The molecule has 7 aromatic rings. The van der Waals surface area contributed by atoms with Gasteiger partial charge >= 0.3 is 12.4 Å². The smallest absolute Gasteiger partial charge is 0.253 e. The summed E-state index contributed by atoms with van der Waals surface area (Å²) < 4.78 is 92.2. The van der Waals surface area contributed by atoms with E-state index in [4.69, 9.17) is 4.98 Å². The lowest BCUT2D eigenvalue weighted by Crippen LogP contribution is -2.55. The number of halogens is 6. The number of allylic oxidation sites excluding steroid dienone is 4. The van der Waals surface area contributed by atoms with Gasteiger partial charge in [-0.2, -0.15) is 26.3 Å². The molecular formula is C42H28F6N6. The van der Waals surface area contributed by atoms with Crippen LogP contribution in [0.3, 0.4) is 0 Å². The molecule has 8 rings (SSSR count). The topological polar surface area (TPSA) is 77.3 Å². The third-order valence-corrected chi connectivity index (χ3v) is 9.71. The molecule has 54 heavy (non-hydrogen) atoms. The van der Waals surface area contributed by atoms with Crippen LogP contribution in [0.15, 0.2) is 145 Å². The number of aromatic nitrogens is 6. The minimum Gasteiger partial charge on any atom is -0.253 e. The maximum Gasteiger partial charge on any atom is 0.411 e. The summed E-state index contributed by atoms with van der Waals surface area (Å²) in [4.78, 5) is 27.3. The molecule has 0 fully saturated rings. The highest BCUT2D eigenvalue weighted by Gasteiger charge is 2.73. The van der Waals surface area contributed by atoms with Crippen molar-refractivity contribution < 1.29 is 26.3 Å². The number of nitrogens with zero attached hydrogens (tertiary/aromatic N) is 6. The van der Waals surface area contributed by atoms with Gasteiger partial charge < -0.3 is 0 Å². The fraction of sp³-hybridized carbons (Fsp3) is 0.143. The second kappa shape index (κ2) is 13.3. The van der Waals surface area contributed by atoms with Gasteiger partial charge in [0, 0.05) is 34.6 Å². The molecule has 0 N–H and O–H groups in total. The molecule has 3 aromatic carbocycles. The summed E-state index contributed by atoms with van der Waals surface area (Å²) in [6, 6.07) is 28.8. The van der Waals surface area contributed by atoms with E-state index >= 15 is 26.3 Å². The zero-order valence-corrected chi connectivity index (χ0v) is 28.4. The number of benzene rings is 3. The molecular weight excluding hydrogens is 702 g/mol. The van der Waals surface area contributed by atoms with Gasteiger partial charge in [-0.25, -0.2) is 19.9 Å². The second-order valence-corrected chi connectivity index (χ2v) is 13.0. The fourth-order valence-electron chi connectivity index (χ4n) is 7.15. The van der Waals surface area contributed by atoms with E-state index < -0.39 is 40.7 Å². The molecule has 4 aromatic heterocycles. The third kappa shape index (κ3) is 5.87. The monoisotopic (exact) mass is 730 g/mol. The third-order valence-electron chi connectivity index (χ3n) is 9.71. The van der Waals surface area contributed by atoms with E-state index in [-0.39, 0.29) is 5.82 Å². The zero-order valence-electron chi connectivity index (χ0n) is 28.4. The van der Waals surface area contributed by atoms with Crippen LogP contribution in [0.2, 0.25) is 0 Å². The number of rotatable bonds is 6. The van der Waals surface area contributed by atoms with Gasteiger partial charge in [0.15, 0.2) is 11.6 Å². The van der Waals surface area contributed by atoms with Gasteiger partial charge in [0.25, 0.3) is 0 Å². The maximum atomic E-state index is 15.4. The Balaban J connectivity index is 1.23. The van der Waals surface area contributed by atoms with Crippen molar-refractivity contribution in [3.63, 3.8) is 0 Å². The first-order valence-corrected chi connectivity index (χ1v) is 17.0. The lowest BCUT2D eigenvalue weighted by Gasteiger charge is -2.41. The Morgan fingerprint density at radius 2 is 1.09 bits per heavy atom. The number of fused-ring (bicyclic) bond motifs is 2. The van der Waals surface area contributed by atoms with Crippen molar-refractivity contribution in [1.29, 1.82) is 0 Å². The molecule has 0 amide bonds. The summed E-state index contributed by atoms with van der Waals surface area (Å²) >= 11 is 0. The van der Waals surface area contributed by atoms with E-state index in [0.717, 1.165) is 24.3 Å². The van der Waals surface area contributed by atoms with Crippen molar-refractivity contribution >= 4 is 21.8 Å². The molecule has 0 saturated carbocycles. The quantitative estimate of drug-likeness (QED) is 0.159. The molecule has 1 aliphatic rings. The summed E-state index contributed by atoms with van der Waals surface area (Å²) in [5.41, 5.74) is -3.06. The van der Waals surface area contributed by atoms with Crippen LogP contribution in [0.4, 0.5) is 26.3 Å².